The molecule has 0 aliphatic heterocycles. The lowest BCUT2D eigenvalue weighted by atomic mass is 10.0. The van der Waals surface area contributed by atoms with Gasteiger partial charge >= 0.3 is 0 Å². The fourth-order valence-electron chi connectivity index (χ4n) is 1.77. The molecule has 0 saturated carbocycles. The SMILES string of the molecule is NNC(=O)c1ccc2cc(O)c(C(=O)NN)cc2c1. The lowest BCUT2D eigenvalue weighted by Crippen LogP contribution is -2.30. The van der Waals surface area contributed by atoms with E-state index in [2.05, 4.69) is 0 Å². The summed E-state index contributed by atoms with van der Waals surface area (Å²) in [6.45, 7) is 0. The number of phenolic OH excluding ortho intramolecular Hbond substituents is 1. The molecule has 19 heavy (non-hydrogen) atoms. The van der Waals surface area contributed by atoms with Crippen LogP contribution in [0, 0.1) is 0 Å². The highest BCUT2D eigenvalue weighted by Crippen LogP contribution is 2.25. The number of nitrogen functional groups attached to an aromatic ring is 2. The van der Waals surface area contributed by atoms with Crippen molar-refractivity contribution in [3.05, 3.63) is 41.5 Å². The smallest absolute Gasteiger partial charge is 0.268 e. The Morgan fingerprint density at radius 3 is 2.26 bits per heavy atom. The van der Waals surface area contributed by atoms with Gasteiger partial charge in [-0.05, 0) is 35.0 Å². The van der Waals surface area contributed by atoms with Gasteiger partial charge in [-0.25, -0.2) is 11.7 Å². The zero-order chi connectivity index (χ0) is 14.0. The predicted molar refractivity (Wildman–Crippen MR) is 68.9 cm³/mol. The van der Waals surface area contributed by atoms with E-state index in [1.807, 2.05) is 10.9 Å². The molecule has 0 aromatic heterocycles. The van der Waals surface area contributed by atoms with Crippen LogP contribution >= 0.6 is 0 Å². The minimum absolute atomic E-state index is 0.0281. The molecule has 7 nitrogen and oxygen atoms in total. The first-order chi connectivity index (χ1) is 9.06. The Balaban J connectivity index is 2.61. The van der Waals surface area contributed by atoms with E-state index in [0.717, 1.165) is 0 Å². The Morgan fingerprint density at radius 1 is 0.947 bits per heavy atom. The molecule has 0 bridgehead atoms. The van der Waals surface area contributed by atoms with Gasteiger partial charge in [0.1, 0.15) is 5.75 Å². The molecule has 98 valence electrons. The lowest BCUT2D eigenvalue weighted by molar-refractivity contribution is 0.0944. The highest BCUT2D eigenvalue weighted by molar-refractivity contribution is 6.03. The summed E-state index contributed by atoms with van der Waals surface area (Å²) in [6, 6.07) is 7.63. The molecule has 0 aliphatic rings. The molecule has 2 rings (SSSR count). The van der Waals surface area contributed by atoms with Crippen molar-refractivity contribution in [3.63, 3.8) is 0 Å². The minimum atomic E-state index is -0.618. The van der Waals surface area contributed by atoms with Crippen LogP contribution in [0.2, 0.25) is 0 Å². The van der Waals surface area contributed by atoms with Crippen LogP contribution in [0.3, 0.4) is 0 Å². The zero-order valence-corrected chi connectivity index (χ0v) is 9.81. The number of nitrogens with one attached hydrogen (secondary N) is 2. The molecule has 0 radical (unpaired) electrons. The molecule has 2 aromatic carbocycles. The maximum Gasteiger partial charge on any atom is 0.268 e. The molecule has 0 aliphatic carbocycles. The molecule has 0 heterocycles. The summed E-state index contributed by atoms with van der Waals surface area (Å²) in [4.78, 5) is 22.9. The highest BCUT2D eigenvalue weighted by atomic mass is 16.3. The number of amides is 2. The Hall–Kier alpha value is -2.64. The quantitative estimate of drug-likeness (QED) is 0.289. The normalized spacial score (nSPS) is 10.2. The van der Waals surface area contributed by atoms with Gasteiger partial charge in [-0.15, -0.1) is 0 Å². The lowest BCUT2D eigenvalue weighted by Gasteiger charge is -2.07. The molecule has 7 heteroatoms. The second-order valence-electron chi connectivity index (χ2n) is 3.88. The van der Waals surface area contributed by atoms with Crippen molar-refractivity contribution >= 4 is 22.6 Å². The number of hydrogen-bond acceptors (Lipinski definition) is 5. The van der Waals surface area contributed by atoms with Crippen LogP contribution in [0.25, 0.3) is 10.8 Å². The summed E-state index contributed by atoms with van der Waals surface area (Å²) >= 11 is 0. The highest BCUT2D eigenvalue weighted by Gasteiger charge is 2.12. The van der Waals surface area contributed by atoms with Crippen molar-refractivity contribution in [2.24, 2.45) is 11.7 Å². The predicted octanol–water partition coefficient (Wildman–Crippen LogP) is -0.248. The van der Waals surface area contributed by atoms with Crippen molar-refractivity contribution in [1.82, 2.24) is 10.9 Å². The second kappa shape index (κ2) is 4.92. The summed E-state index contributed by atoms with van der Waals surface area (Å²) in [7, 11) is 0. The summed E-state index contributed by atoms with van der Waals surface area (Å²) in [5.74, 6) is 8.83. The van der Waals surface area contributed by atoms with Crippen molar-refractivity contribution in [2.75, 3.05) is 0 Å². The summed E-state index contributed by atoms with van der Waals surface area (Å²) < 4.78 is 0. The standard InChI is InChI=1S/C12H12N4O3/c13-15-11(18)7-2-1-6-5-10(17)9(12(19)16-14)4-8(6)3-7/h1-5,17H,13-14H2,(H,15,18)(H,16,19). The number of benzene rings is 2. The molecule has 0 fully saturated rings. The van der Waals surface area contributed by atoms with Crippen LogP contribution < -0.4 is 22.5 Å². The molecule has 0 atom stereocenters. The van der Waals surface area contributed by atoms with Gasteiger partial charge in [0.25, 0.3) is 11.8 Å². The van der Waals surface area contributed by atoms with Gasteiger partial charge in [0.15, 0.2) is 0 Å². The topological polar surface area (TPSA) is 130 Å². The van der Waals surface area contributed by atoms with Crippen LogP contribution in [-0.4, -0.2) is 16.9 Å². The third kappa shape index (κ3) is 2.32. The maximum absolute atomic E-state index is 11.5. The molecule has 0 saturated heterocycles. The monoisotopic (exact) mass is 260 g/mol. The third-order valence-corrected chi connectivity index (χ3v) is 2.72. The average molecular weight is 260 g/mol. The fourth-order valence-corrected chi connectivity index (χ4v) is 1.77. The number of fused-ring (bicyclic) bond motifs is 1. The van der Waals surface area contributed by atoms with E-state index in [4.69, 9.17) is 11.7 Å². The Kier molecular flexibility index (Phi) is 3.32. The van der Waals surface area contributed by atoms with Crippen LogP contribution in [-0.2, 0) is 0 Å². The van der Waals surface area contributed by atoms with E-state index in [0.29, 0.717) is 16.3 Å². The molecule has 2 aromatic rings. The Bertz CT molecular complexity index is 669. The van der Waals surface area contributed by atoms with Gasteiger partial charge in [0.05, 0.1) is 5.56 Å². The van der Waals surface area contributed by atoms with E-state index in [1.165, 1.54) is 12.1 Å². The maximum atomic E-state index is 11.5. The van der Waals surface area contributed by atoms with Crippen LogP contribution in [0.5, 0.6) is 5.75 Å². The molecule has 0 unspecified atom stereocenters. The number of nitrogens with two attached hydrogens (primary N) is 2. The number of phenols is 1. The fraction of sp³-hybridized carbons (Fsp3) is 0. The zero-order valence-electron chi connectivity index (χ0n) is 9.81. The van der Waals surface area contributed by atoms with Crippen molar-refractivity contribution < 1.29 is 14.7 Å². The Morgan fingerprint density at radius 2 is 1.63 bits per heavy atom. The number of carbonyl (C=O) groups excluding carboxylic acids is 2. The van der Waals surface area contributed by atoms with E-state index < -0.39 is 11.8 Å². The van der Waals surface area contributed by atoms with Crippen molar-refractivity contribution in [2.45, 2.75) is 0 Å². The van der Waals surface area contributed by atoms with E-state index in [9.17, 15) is 14.7 Å². The number of carbonyl (C=O) groups is 2. The summed E-state index contributed by atoms with van der Waals surface area (Å²) in [5.41, 5.74) is 4.33. The van der Waals surface area contributed by atoms with Crippen molar-refractivity contribution in [1.29, 1.82) is 0 Å². The molecular weight excluding hydrogens is 248 g/mol. The number of rotatable bonds is 2. The number of hydrazine groups is 2. The molecule has 0 spiro atoms. The third-order valence-electron chi connectivity index (χ3n) is 2.72. The van der Waals surface area contributed by atoms with E-state index in [1.54, 1.807) is 18.2 Å². The minimum Gasteiger partial charge on any atom is -0.507 e. The van der Waals surface area contributed by atoms with Crippen LogP contribution in [0.1, 0.15) is 20.7 Å². The summed E-state index contributed by atoms with van der Waals surface area (Å²) in [5, 5.41) is 11.0. The first-order valence-electron chi connectivity index (χ1n) is 5.35. The number of aromatic hydroxyl groups is 1. The first kappa shape index (κ1) is 12.8. The Labute approximate surface area is 108 Å². The van der Waals surface area contributed by atoms with Gasteiger partial charge in [-0.2, -0.15) is 0 Å². The van der Waals surface area contributed by atoms with Crippen LogP contribution in [0.4, 0.5) is 0 Å². The van der Waals surface area contributed by atoms with Gasteiger partial charge in [-0.1, -0.05) is 6.07 Å². The molecule has 2 amide bonds. The second-order valence-corrected chi connectivity index (χ2v) is 3.88. The molecule has 7 N–H and O–H groups in total. The largest absolute Gasteiger partial charge is 0.507 e. The molecular formula is C12H12N4O3. The van der Waals surface area contributed by atoms with Gasteiger partial charge < -0.3 is 5.11 Å². The average Bonchev–Trinajstić information content (AvgIpc) is 2.44. The number of hydrogen-bond donors (Lipinski definition) is 5. The van der Waals surface area contributed by atoms with Gasteiger partial charge in [0.2, 0.25) is 0 Å². The summed E-state index contributed by atoms with van der Waals surface area (Å²) in [6.07, 6.45) is 0. The van der Waals surface area contributed by atoms with E-state index in [-0.39, 0.29) is 11.3 Å². The van der Waals surface area contributed by atoms with Crippen LogP contribution in [0.15, 0.2) is 30.3 Å². The van der Waals surface area contributed by atoms with Gasteiger partial charge in [-0.3, -0.25) is 20.4 Å². The van der Waals surface area contributed by atoms with E-state index >= 15 is 0 Å². The first-order valence-corrected chi connectivity index (χ1v) is 5.35. The van der Waals surface area contributed by atoms with Crippen molar-refractivity contribution in [3.8, 4) is 5.75 Å². The van der Waals surface area contributed by atoms with Gasteiger partial charge in [0, 0.05) is 5.56 Å².